The molecule has 2 heterocycles. The van der Waals surface area contributed by atoms with Crippen LogP contribution in [0.2, 0.25) is 0 Å². The second-order valence-electron chi connectivity index (χ2n) is 6.71. The quantitative estimate of drug-likeness (QED) is 0.917. The number of rotatable bonds is 3. The lowest BCUT2D eigenvalue weighted by atomic mass is 9.85. The van der Waals surface area contributed by atoms with E-state index in [4.69, 9.17) is 10.7 Å². The van der Waals surface area contributed by atoms with Crippen molar-refractivity contribution < 1.29 is 0 Å². The van der Waals surface area contributed by atoms with Gasteiger partial charge in [-0.15, -0.1) is 0 Å². The SMILES string of the molecule is CC(C)c1cc(CN)cc(N2CCC3CCCCC32)n1. The van der Waals surface area contributed by atoms with Crippen molar-refractivity contribution in [1.82, 2.24) is 4.98 Å². The van der Waals surface area contributed by atoms with Crippen LogP contribution in [-0.4, -0.2) is 17.6 Å². The maximum absolute atomic E-state index is 5.87. The average molecular weight is 273 g/mol. The van der Waals surface area contributed by atoms with E-state index in [0.29, 0.717) is 12.5 Å². The van der Waals surface area contributed by atoms with Gasteiger partial charge in [0.15, 0.2) is 0 Å². The van der Waals surface area contributed by atoms with Gasteiger partial charge in [0.25, 0.3) is 0 Å². The van der Waals surface area contributed by atoms with Gasteiger partial charge in [0.05, 0.1) is 0 Å². The molecule has 20 heavy (non-hydrogen) atoms. The summed E-state index contributed by atoms with van der Waals surface area (Å²) >= 11 is 0. The monoisotopic (exact) mass is 273 g/mol. The first-order valence-corrected chi connectivity index (χ1v) is 8.16. The molecule has 1 saturated heterocycles. The van der Waals surface area contributed by atoms with Crippen LogP contribution in [0.15, 0.2) is 12.1 Å². The number of anilines is 1. The van der Waals surface area contributed by atoms with E-state index >= 15 is 0 Å². The van der Waals surface area contributed by atoms with Crippen LogP contribution in [-0.2, 0) is 6.54 Å². The molecule has 2 N–H and O–H groups in total. The van der Waals surface area contributed by atoms with Crippen molar-refractivity contribution in [2.45, 2.75) is 64.5 Å². The van der Waals surface area contributed by atoms with Crippen LogP contribution in [0, 0.1) is 5.92 Å². The third-order valence-corrected chi connectivity index (χ3v) is 5.02. The highest BCUT2D eigenvalue weighted by Crippen LogP contribution is 2.38. The molecule has 1 saturated carbocycles. The second kappa shape index (κ2) is 5.72. The third kappa shape index (κ3) is 2.56. The average Bonchev–Trinajstić information content (AvgIpc) is 2.90. The predicted octanol–water partition coefficient (Wildman–Crippen LogP) is 3.43. The minimum atomic E-state index is 0.463. The van der Waals surface area contributed by atoms with E-state index in [1.165, 1.54) is 55.7 Å². The van der Waals surface area contributed by atoms with Gasteiger partial charge in [-0.3, -0.25) is 0 Å². The van der Waals surface area contributed by atoms with E-state index in [9.17, 15) is 0 Å². The standard InChI is InChI=1S/C17H27N3/c1-12(2)15-9-13(11-18)10-17(19-15)20-8-7-14-5-3-4-6-16(14)20/h9-10,12,14,16H,3-8,11,18H2,1-2H3. The smallest absolute Gasteiger partial charge is 0.129 e. The van der Waals surface area contributed by atoms with Crippen molar-refractivity contribution in [3.05, 3.63) is 23.4 Å². The number of pyridine rings is 1. The maximum atomic E-state index is 5.87. The molecule has 1 aliphatic heterocycles. The van der Waals surface area contributed by atoms with Gasteiger partial charge in [-0.25, -0.2) is 4.98 Å². The van der Waals surface area contributed by atoms with Crippen LogP contribution in [0.1, 0.15) is 63.1 Å². The van der Waals surface area contributed by atoms with Gasteiger partial charge in [-0.1, -0.05) is 26.7 Å². The Kier molecular flexibility index (Phi) is 3.97. The normalized spacial score (nSPS) is 26.1. The molecule has 0 spiro atoms. The number of hydrogen-bond donors (Lipinski definition) is 1. The first-order chi connectivity index (χ1) is 9.69. The van der Waals surface area contributed by atoms with Crippen molar-refractivity contribution in [1.29, 1.82) is 0 Å². The Bertz CT molecular complexity index is 469. The van der Waals surface area contributed by atoms with Gasteiger partial charge in [0.1, 0.15) is 5.82 Å². The number of fused-ring (bicyclic) bond motifs is 1. The Labute approximate surface area is 122 Å². The van der Waals surface area contributed by atoms with Crippen LogP contribution in [0.4, 0.5) is 5.82 Å². The topological polar surface area (TPSA) is 42.1 Å². The number of nitrogens with two attached hydrogens (primary N) is 1. The molecule has 2 aliphatic rings. The van der Waals surface area contributed by atoms with Gasteiger partial charge in [-0.2, -0.15) is 0 Å². The molecule has 3 rings (SSSR count). The van der Waals surface area contributed by atoms with Crippen molar-refractivity contribution >= 4 is 5.82 Å². The fourth-order valence-corrected chi connectivity index (χ4v) is 3.85. The van der Waals surface area contributed by atoms with E-state index in [1.807, 2.05) is 0 Å². The summed E-state index contributed by atoms with van der Waals surface area (Å²) in [6, 6.07) is 5.11. The first kappa shape index (κ1) is 13.9. The molecule has 2 fully saturated rings. The molecule has 1 aromatic rings. The largest absolute Gasteiger partial charge is 0.353 e. The van der Waals surface area contributed by atoms with Crippen LogP contribution < -0.4 is 10.6 Å². The highest BCUT2D eigenvalue weighted by Gasteiger charge is 2.36. The van der Waals surface area contributed by atoms with Crippen molar-refractivity contribution in [3.63, 3.8) is 0 Å². The van der Waals surface area contributed by atoms with Crippen LogP contribution in [0.3, 0.4) is 0 Å². The Morgan fingerprint density at radius 1 is 1.25 bits per heavy atom. The third-order valence-electron chi connectivity index (χ3n) is 5.02. The summed E-state index contributed by atoms with van der Waals surface area (Å²) in [5.41, 5.74) is 8.27. The van der Waals surface area contributed by atoms with E-state index in [-0.39, 0.29) is 0 Å². The van der Waals surface area contributed by atoms with Crippen LogP contribution in [0.25, 0.3) is 0 Å². The van der Waals surface area contributed by atoms with Gasteiger partial charge in [0, 0.05) is 24.8 Å². The molecule has 2 atom stereocenters. The molecule has 110 valence electrons. The lowest BCUT2D eigenvalue weighted by molar-refractivity contribution is 0.341. The zero-order valence-corrected chi connectivity index (χ0v) is 12.8. The molecule has 3 heteroatoms. The molecule has 3 nitrogen and oxygen atoms in total. The highest BCUT2D eigenvalue weighted by molar-refractivity contribution is 5.46. The summed E-state index contributed by atoms with van der Waals surface area (Å²) in [6.07, 6.45) is 6.90. The molecule has 2 unspecified atom stereocenters. The number of aromatic nitrogens is 1. The van der Waals surface area contributed by atoms with Gasteiger partial charge in [-0.05, 0) is 48.8 Å². The lowest BCUT2D eigenvalue weighted by Gasteiger charge is -2.33. The van der Waals surface area contributed by atoms with E-state index in [2.05, 4.69) is 30.9 Å². The molecule has 0 bridgehead atoms. The summed E-state index contributed by atoms with van der Waals surface area (Å²) in [5, 5.41) is 0. The lowest BCUT2D eigenvalue weighted by Crippen LogP contribution is -2.35. The second-order valence-corrected chi connectivity index (χ2v) is 6.71. The van der Waals surface area contributed by atoms with Crippen molar-refractivity contribution in [3.8, 4) is 0 Å². The molecule has 1 aromatic heterocycles. The Morgan fingerprint density at radius 2 is 2.05 bits per heavy atom. The summed E-state index contributed by atoms with van der Waals surface area (Å²) in [7, 11) is 0. The van der Waals surface area contributed by atoms with Gasteiger partial charge >= 0.3 is 0 Å². The molecular weight excluding hydrogens is 246 g/mol. The Balaban J connectivity index is 1.91. The maximum Gasteiger partial charge on any atom is 0.129 e. The Hall–Kier alpha value is -1.09. The minimum Gasteiger partial charge on any atom is -0.353 e. The van der Waals surface area contributed by atoms with Crippen LogP contribution >= 0.6 is 0 Å². The number of hydrogen-bond acceptors (Lipinski definition) is 3. The summed E-state index contributed by atoms with van der Waals surface area (Å²) in [4.78, 5) is 7.49. The fourth-order valence-electron chi connectivity index (χ4n) is 3.85. The van der Waals surface area contributed by atoms with Crippen LogP contribution in [0.5, 0.6) is 0 Å². The highest BCUT2D eigenvalue weighted by atomic mass is 15.2. The first-order valence-electron chi connectivity index (χ1n) is 8.16. The summed E-state index contributed by atoms with van der Waals surface area (Å²) in [5.74, 6) is 2.53. The fraction of sp³-hybridized carbons (Fsp3) is 0.706. The Morgan fingerprint density at radius 3 is 2.80 bits per heavy atom. The molecule has 1 aliphatic carbocycles. The zero-order chi connectivity index (χ0) is 14.1. The van der Waals surface area contributed by atoms with Gasteiger partial charge in [0.2, 0.25) is 0 Å². The molecule has 0 radical (unpaired) electrons. The summed E-state index contributed by atoms with van der Waals surface area (Å²) < 4.78 is 0. The zero-order valence-electron chi connectivity index (χ0n) is 12.8. The minimum absolute atomic E-state index is 0.463. The number of nitrogens with zero attached hydrogens (tertiary/aromatic N) is 2. The predicted molar refractivity (Wildman–Crippen MR) is 83.9 cm³/mol. The molecule has 0 amide bonds. The van der Waals surface area contributed by atoms with E-state index in [0.717, 1.165) is 12.0 Å². The summed E-state index contributed by atoms with van der Waals surface area (Å²) in [6.45, 7) is 6.20. The molecular formula is C17H27N3. The van der Waals surface area contributed by atoms with Crippen molar-refractivity contribution in [2.24, 2.45) is 11.7 Å². The molecule has 0 aromatic carbocycles. The van der Waals surface area contributed by atoms with E-state index < -0.39 is 0 Å². The van der Waals surface area contributed by atoms with E-state index in [1.54, 1.807) is 0 Å². The van der Waals surface area contributed by atoms with Gasteiger partial charge < -0.3 is 10.6 Å². The van der Waals surface area contributed by atoms with Crippen molar-refractivity contribution in [2.75, 3.05) is 11.4 Å².